The zero-order valence-corrected chi connectivity index (χ0v) is 11.4. The van der Waals surface area contributed by atoms with E-state index in [4.69, 9.17) is 0 Å². The van der Waals surface area contributed by atoms with E-state index in [1.165, 1.54) is 0 Å². The largest absolute Gasteiger partial charge is 0.480 e. The van der Waals surface area contributed by atoms with Gasteiger partial charge in [0.15, 0.2) is 0 Å². The number of carboxylic acid groups (broad SMARTS) is 1. The molecule has 1 aliphatic rings. The van der Waals surface area contributed by atoms with E-state index in [1.807, 2.05) is 37.3 Å². The quantitative estimate of drug-likeness (QED) is 0.855. The lowest BCUT2D eigenvalue weighted by Gasteiger charge is -2.36. The Morgan fingerprint density at radius 3 is 2.84 bits per heavy atom. The highest BCUT2D eigenvalue weighted by molar-refractivity contribution is 5.73. The molecule has 1 heterocycles. The van der Waals surface area contributed by atoms with Crippen LogP contribution in [0, 0.1) is 0 Å². The molecule has 0 aromatic heterocycles. The van der Waals surface area contributed by atoms with E-state index in [0.29, 0.717) is 12.5 Å². The maximum Gasteiger partial charge on any atom is 0.320 e. The summed E-state index contributed by atoms with van der Waals surface area (Å²) in [6.45, 7) is 3.63. The van der Waals surface area contributed by atoms with Crippen LogP contribution in [-0.2, 0) is 4.79 Å². The van der Waals surface area contributed by atoms with Crippen LogP contribution >= 0.6 is 0 Å². The summed E-state index contributed by atoms with van der Waals surface area (Å²) < 4.78 is 0. The minimum atomic E-state index is -0.706. The standard InChI is InChI=1S/C15H22N2O2/c1-2-14(15(18)19)17-10-6-9-13(11-17)16-12-7-4-3-5-8-12/h3-5,7-8,13-14,16H,2,6,9-11H2,1H3,(H,18,19)/t13-,14-/m0/s1. The third kappa shape index (κ3) is 3.70. The van der Waals surface area contributed by atoms with E-state index < -0.39 is 5.97 Å². The van der Waals surface area contributed by atoms with Gasteiger partial charge in [0.05, 0.1) is 0 Å². The van der Waals surface area contributed by atoms with Crippen LogP contribution in [0.3, 0.4) is 0 Å². The molecule has 0 bridgehead atoms. The second kappa shape index (κ2) is 6.57. The predicted octanol–water partition coefficient (Wildman–Crippen LogP) is 2.43. The van der Waals surface area contributed by atoms with Crippen molar-refractivity contribution >= 4 is 11.7 Å². The number of rotatable bonds is 5. The number of hydrogen-bond donors (Lipinski definition) is 2. The Labute approximate surface area is 114 Å². The summed E-state index contributed by atoms with van der Waals surface area (Å²) in [6, 6.07) is 10.1. The van der Waals surface area contributed by atoms with Crippen molar-refractivity contribution in [2.75, 3.05) is 18.4 Å². The van der Waals surface area contributed by atoms with Crippen molar-refractivity contribution in [1.82, 2.24) is 4.90 Å². The van der Waals surface area contributed by atoms with Gasteiger partial charge >= 0.3 is 5.97 Å². The first-order valence-electron chi connectivity index (χ1n) is 6.99. The minimum absolute atomic E-state index is 0.338. The van der Waals surface area contributed by atoms with E-state index in [2.05, 4.69) is 10.2 Å². The molecule has 2 rings (SSSR count). The highest BCUT2D eigenvalue weighted by Gasteiger charge is 2.28. The van der Waals surface area contributed by atoms with Crippen LogP contribution in [-0.4, -0.2) is 41.1 Å². The maximum absolute atomic E-state index is 11.2. The lowest BCUT2D eigenvalue weighted by Crippen LogP contribution is -2.49. The first-order chi connectivity index (χ1) is 9.20. The number of carbonyl (C=O) groups is 1. The van der Waals surface area contributed by atoms with Crippen LogP contribution in [0.5, 0.6) is 0 Å². The lowest BCUT2D eigenvalue weighted by molar-refractivity contribution is -0.143. The van der Waals surface area contributed by atoms with Crippen molar-refractivity contribution in [3.8, 4) is 0 Å². The van der Waals surface area contributed by atoms with Crippen LogP contribution < -0.4 is 5.32 Å². The van der Waals surface area contributed by atoms with Crippen LogP contribution in [0.2, 0.25) is 0 Å². The molecule has 1 fully saturated rings. The molecule has 1 aromatic rings. The molecule has 19 heavy (non-hydrogen) atoms. The molecule has 2 atom stereocenters. The fraction of sp³-hybridized carbons (Fsp3) is 0.533. The van der Waals surface area contributed by atoms with Crippen LogP contribution in [0.1, 0.15) is 26.2 Å². The number of hydrogen-bond acceptors (Lipinski definition) is 3. The van der Waals surface area contributed by atoms with Gasteiger partial charge in [-0.15, -0.1) is 0 Å². The highest BCUT2D eigenvalue weighted by Crippen LogP contribution is 2.18. The Bertz CT molecular complexity index is 408. The summed E-state index contributed by atoms with van der Waals surface area (Å²) in [6.07, 6.45) is 2.81. The molecular weight excluding hydrogens is 240 g/mol. The van der Waals surface area contributed by atoms with Crippen molar-refractivity contribution in [2.45, 2.75) is 38.3 Å². The van der Waals surface area contributed by atoms with Crippen molar-refractivity contribution < 1.29 is 9.90 Å². The minimum Gasteiger partial charge on any atom is -0.480 e. The van der Waals surface area contributed by atoms with E-state index in [0.717, 1.165) is 31.6 Å². The van der Waals surface area contributed by atoms with Crippen LogP contribution in [0.15, 0.2) is 30.3 Å². The Morgan fingerprint density at radius 1 is 1.47 bits per heavy atom. The first-order valence-corrected chi connectivity index (χ1v) is 6.99. The normalized spacial score (nSPS) is 21.8. The average Bonchev–Trinajstić information content (AvgIpc) is 2.41. The number of aliphatic carboxylic acids is 1. The van der Waals surface area contributed by atoms with E-state index in [1.54, 1.807) is 0 Å². The molecule has 0 unspecified atom stereocenters. The SMILES string of the molecule is CC[C@@H](C(=O)O)N1CCC[C@H](Nc2ccccc2)C1. The summed E-state index contributed by atoms with van der Waals surface area (Å²) in [5.74, 6) is -0.706. The highest BCUT2D eigenvalue weighted by atomic mass is 16.4. The summed E-state index contributed by atoms with van der Waals surface area (Å²) in [7, 11) is 0. The third-order valence-electron chi connectivity index (χ3n) is 3.71. The van der Waals surface area contributed by atoms with E-state index >= 15 is 0 Å². The second-order valence-corrected chi connectivity index (χ2v) is 5.11. The van der Waals surface area contributed by atoms with Gasteiger partial charge in [0.2, 0.25) is 0 Å². The number of para-hydroxylation sites is 1. The maximum atomic E-state index is 11.2. The summed E-state index contributed by atoms with van der Waals surface area (Å²) in [5.41, 5.74) is 1.11. The Balaban J connectivity index is 1.95. The number of nitrogens with one attached hydrogen (secondary N) is 1. The molecule has 0 aliphatic carbocycles. The number of anilines is 1. The van der Waals surface area contributed by atoms with Gasteiger partial charge in [0.1, 0.15) is 6.04 Å². The van der Waals surface area contributed by atoms with E-state index in [9.17, 15) is 9.90 Å². The Morgan fingerprint density at radius 2 is 2.21 bits per heavy atom. The molecule has 0 radical (unpaired) electrons. The topological polar surface area (TPSA) is 52.6 Å². The number of piperidine rings is 1. The van der Waals surface area contributed by atoms with Gasteiger partial charge in [-0.05, 0) is 37.9 Å². The molecular formula is C15H22N2O2. The van der Waals surface area contributed by atoms with E-state index in [-0.39, 0.29) is 6.04 Å². The molecule has 1 aliphatic heterocycles. The fourth-order valence-corrected chi connectivity index (χ4v) is 2.77. The second-order valence-electron chi connectivity index (χ2n) is 5.11. The number of carboxylic acids is 1. The van der Waals surface area contributed by atoms with Gasteiger partial charge < -0.3 is 10.4 Å². The van der Waals surface area contributed by atoms with Crippen LogP contribution in [0.25, 0.3) is 0 Å². The fourth-order valence-electron chi connectivity index (χ4n) is 2.77. The predicted molar refractivity (Wildman–Crippen MR) is 76.4 cm³/mol. The van der Waals surface area contributed by atoms with Crippen LogP contribution in [0.4, 0.5) is 5.69 Å². The Kier molecular flexibility index (Phi) is 4.80. The summed E-state index contributed by atoms with van der Waals surface area (Å²) >= 11 is 0. The van der Waals surface area contributed by atoms with Crippen molar-refractivity contribution in [2.24, 2.45) is 0 Å². The zero-order valence-electron chi connectivity index (χ0n) is 11.4. The lowest BCUT2D eigenvalue weighted by atomic mass is 10.0. The molecule has 4 nitrogen and oxygen atoms in total. The zero-order chi connectivity index (χ0) is 13.7. The molecule has 0 amide bonds. The van der Waals surface area contributed by atoms with Gasteiger partial charge in [-0.1, -0.05) is 25.1 Å². The molecule has 2 N–H and O–H groups in total. The molecule has 104 valence electrons. The van der Waals surface area contributed by atoms with Gasteiger partial charge in [0.25, 0.3) is 0 Å². The third-order valence-corrected chi connectivity index (χ3v) is 3.71. The molecule has 0 saturated carbocycles. The molecule has 1 saturated heterocycles. The smallest absolute Gasteiger partial charge is 0.320 e. The van der Waals surface area contributed by atoms with Gasteiger partial charge in [0, 0.05) is 18.3 Å². The van der Waals surface area contributed by atoms with Crippen molar-refractivity contribution in [3.63, 3.8) is 0 Å². The van der Waals surface area contributed by atoms with Gasteiger partial charge in [-0.3, -0.25) is 9.69 Å². The number of likely N-dealkylation sites (tertiary alicyclic amines) is 1. The van der Waals surface area contributed by atoms with Crippen molar-refractivity contribution in [1.29, 1.82) is 0 Å². The molecule has 1 aromatic carbocycles. The van der Waals surface area contributed by atoms with Crippen molar-refractivity contribution in [3.05, 3.63) is 30.3 Å². The Hall–Kier alpha value is -1.55. The molecule has 4 heteroatoms. The number of benzene rings is 1. The summed E-state index contributed by atoms with van der Waals surface area (Å²) in [4.78, 5) is 13.3. The molecule has 0 spiro atoms. The average molecular weight is 262 g/mol. The summed E-state index contributed by atoms with van der Waals surface area (Å²) in [5, 5.41) is 12.7. The van der Waals surface area contributed by atoms with Gasteiger partial charge in [-0.2, -0.15) is 0 Å². The monoisotopic (exact) mass is 262 g/mol. The number of nitrogens with zero attached hydrogens (tertiary/aromatic N) is 1. The van der Waals surface area contributed by atoms with Gasteiger partial charge in [-0.25, -0.2) is 0 Å². The first kappa shape index (κ1) is 13.9.